The first-order valence-corrected chi connectivity index (χ1v) is 4.98. The van der Waals surface area contributed by atoms with E-state index in [2.05, 4.69) is 10.2 Å². The molecule has 2 heterocycles. The van der Waals surface area contributed by atoms with Gasteiger partial charge in [-0.15, -0.1) is 0 Å². The first-order chi connectivity index (χ1) is 6.75. The Balaban J connectivity index is 1.90. The number of nitrogens with two attached hydrogens (primary N) is 1. The average molecular weight is 196 g/mol. The lowest BCUT2D eigenvalue weighted by atomic mass is 10.0. The summed E-state index contributed by atoms with van der Waals surface area (Å²) >= 11 is 0. The van der Waals surface area contributed by atoms with Crippen molar-refractivity contribution in [2.24, 2.45) is 12.8 Å². The topological polar surface area (TPSA) is 66.0 Å². The minimum Gasteiger partial charge on any atom is -0.377 e. The lowest BCUT2D eigenvalue weighted by Gasteiger charge is -2.16. The Kier molecular flexibility index (Phi) is 2.79. The third-order valence-corrected chi connectivity index (χ3v) is 2.53. The van der Waals surface area contributed by atoms with Crippen LogP contribution in [0.4, 0.5) is 0 Å². The minimum atomic E-state index is 0.0502. The van der Waals surface area contributed by atoms with Crippen molar-refractivity contribution in [3.63, 3.8) is 0 Å². The lowest BCUT2D eigenvalue weighted by Crippen LogP contribution is -2.36. The van der Waals surface area contributed by atoms with E-state index in [1.54, 1.807) is 18.0 Å². The molecule has 14 heavy (non-hydrogen) atoms. The zero-order chi connectivity index (χ0) is 9.97. The first-order valence-electron chi connectivity index (χ1n) is 4.98. The summed E-state index contributed by atoms with van der Waals surface area (Å²) in [5.41, 5.74) is 6.96. The van der Waals surface area contributed by atoms with Gasteiger partial charge in [-0.3, -0.25) is 0 Å². The normalized spacial score (nSPS) is 24.0. The molecule has 0 aromatic carbocycles. The van der Waals surface area contributed by atoms with E-state index in [9.17, 15) is 0 Å². The highest BCUT2D eigenvalue weighted by Gasteiger charge is 2.23. The molecule has 0 amide bonds. The molecule has 1 fully saturated rings. The molecule has 1 saturated heterocycles. The summed E-state index contributed by atoms with van der Waals surface area (Å²) < 4.78 is 5.51. The molecule has 0 bridgehead atoms. The molecule has 0 saturated carbocycles. The van der Waals surface area contributed by atoms with Crippen molar-refractivity contribution in [2.45, 2.75) is 31.4 Å². The smallest absolute Gasteiger partial charge is 0.0843 e. The number of rotatable bonds is 3. The Morgan fingerprint density at radius 2 is 2.64 bits per heavy atom. The molecule has 0 aliphatic carbocycles. The maximum Gasteiger partial charge on any atom is 0.0843 e. The van der Waals surface area contributed by atoms with Gasteiger partial charge >= 0.3 is 0 Å². The molecule has 5 nitrogen and oxygen atoms in total. The van der Waals surface area contributed by atoms with E-state index in [0.717, 1.165) is 31.6 Å². The highest BCUT2D eigenvalue weighted by atomic mass is 16.5. The van der Waals surface area contributed by atoms with Crippen LogP contribution in [0, 0.1) is 0 Å². The van der Waals surface area contributed by atoms with Crippen molar-refractivity contribution in [3.05, 3.63) is 11.9 Å². The van der Waals surface area contributed by atoms with Gasteiger partial charge in [0.15, 0.2) is 0 Å². The van der Waals surface area contributed by atoms with E-state index in [4.69, 9.17) is 10.5 Å². The maximum atomic E-state index is 6.02. The van der Waals surface area contributed by atoms with E-state index in [0.29, 0.717) is 0 Å². The molecule has 1 aliphatic rings. The second-order valence-corrected chi connectivity index (χ2v) is 3.74. The van der Waals surface area contributed by atoms with Crippen molar-refractivity contribution < 1.29 is 4.74 Å². The number of aromatic nitrogens is 3. The number of ether oxygens (including phenoxy) is 1. The fourth-order valence-corrected chi connectivity index (χ4v) is 1.79. The Bertz CT molecular complexity index is 293. The van der Waals surface area contributed by atoms with Crippen LogP contribution in [0.5, 0.6) is 0 Å². The highest BCUT2D eigenvalue weighted by molar-refractivity contribution is 4.96. The van der Waals surface area contributed by atoms with Crippen molar-refractivity contribution >= 4 is 0 Å². The summed E-state index contributed by atoms with van der Waals surface area (Å²) in [6, 6.07) is 0.0502. The fraction of sp³-hybridized carbons (Fsp3) is 0.778. The highest BCUT2D eigenvalue weighted by Crippen LogP contribution is 2.16. The van der Waals surface area contributed by atoms with Crippen LogP contribution in [0.2, 0.25) is 0 Å². The summed E-state index contributed by atoms with van der Waals surface area (Å²) in [5, 5.41) is 8.20. The third kappa shape index (κ3) is 2.10. The van der Waals surface area contributed by atoms with Gasteiger partial charge < -0.3 is 10.5 Å². The Morgan fingerprint density at radius 1 is 1.79 bits per heavy atom. The summed E-state index contributed by atoms with van der Waals surface area (Å²) in [5.74, 6) is 0. The molecule has 0 radical (unpaired) electrons. The molecule has 2 N–H and O–H groups in total. The van der Waals surface area contributed by atoms with Crippen LogP contribution in [-0.4, -0.2) is 33.7 Å². The number of hydrogen-bond acceptors (Lipinski definition) is 4. The third-order valence-electron chi connectivity index (χ3n) is 2.53. The number of aryl methyl sites for hydroxylation is 1. The van der Waals surface area contributed by atoms with Crippen LogP contribution in [-0.2, 0) is 18.2 Å². The number of hydrogen-bond donors (Lipinski definition) is 1. The quantitative estimate of drug-likeness (QED) is 0.731. The molecule has 2 unspecified atom stereocenters. The summed E-state index contributed by atoms with van der Waals surface area (Å²) in [6.07, 6.45) is 4.91. The van der Waals surface area contributed by atoms with Crippen LogP contribution < -0.4 is 5.73 Å². The molecule has 5 heteroatoms. The molecule has 1 aliphatic heterocycles. The van der Waals surface area contributed by atoms with Crippen LogP contribution in [0.3, 0.4) is 0 Å². The Morgan fingerprint density at radius 3 is 3.21 bits per heavy atom. The van der Waals surface area contributed by atoms with Gasteiger partial charge in [0, 0.05) is 26.1 Å². The maximum absolute atomic E-state index is 6.02. The van der Waals surface area contributed by atoms with Gasteiger partial charge in [0.2, 0.25) is 0 Å². The average Bonchev–Trinajstić information content (AvgIpc) is 2.75. The first kappa shape index (κ1) is 9.61. The summed E-state index contributed by atoms with van der Waals surface area (Å²) in [4.78, 5) is 1.55. The zero-order valence-electron chi connectivity index (χ0n) is 8.39. The fourth-order valence-electron chi connectivity index (χ4n) is 1.79. The van der Waals surface area contributed by atoms with Crippen molar-refractivity contribution in [3.8, 4) is 0 Å². The monoisotopic (exact) mass is 196 g/mol. The zero-order valence-corrected chi connectivity index (χ0v) is 8.39. The van der Waals surface area contributed by atoms with E-state index in [1.165, 1.54) is 0 Å². The van der Waals surface area contributed by atoms with Crippen LogP contribution >= 0.6 is 0 Å². The van der Waals surface area contributed by atoms with Crippen molar-refractivity contribution in [1.29, 1.82) is 0 Å². The van der Waals surface area contributed by atoms with Crippen LogP contribution in [0.1, 0.15) is 18.5 Å². The molecular formula is C9H16N4O. The molecule has 1 aromatic heterocycles. The van der Waals surface area contributed by atoms with Crippen LogP contribution in [0.15, 0.2) is 6.20 Å². The van der Waals surface area contributed by atoms with Gasteiger partial charge in [0.05, 0.1) is 18.0 Å². The molecule has 2 atom stereocenters. The lowest BCUT2D eigenvalue weighted by molar-refractivity contribution is 0.0897. The Hall–Kier alpha value is -0.940. The number of nitrogens with zero attached hydrogens (tertiary/aromatic N) is 3. The van der Waals surface area contributed by atoms with Gasteiger partial charge in [-0.1, -0.05) is 0 Å². The predicted octanol–water partition coefficient (Wildman–Crippen LogP) is -0.136. The van der Waals surface area contributed by atoms with Crippen molar-refractivity contribution in [1.82, 2.24) is 15.0 Å². The van der Waals surface area contributed by atoms with Gasteiger partial charge in [0.1, 0.15) is 0 Å². The second-order valence-electron chi connectivity index (χ2n) is 3.74. The van der Waals surface area contributed by atoms with Gasteiger partial charge in [-0.25, -0.2) is 0 Å². The van der Waals surface area contributed by atoms with Crippen molar-refractivity contribution in [2.75, 3.05) is 6.61 Å². The largest absolute Gasteiger partial charge is 0.377 e. The summed E-state index contributed by atoms with van der Waals surface area (Å²) in [7, 11) is 1.81. The molecule has 0 spiro atoms. The van der Waals surface area contributed by atoms with E-state index >= 15 is 0 Å². The van der Waals surface area contributed by atoms with E-state index in [-0.39, 0.29) is 12.1 Å². The minimum absolute atomic E-state index is 0.0502. The molecule has 1 aromatic rings. The summed E-state index contributed by atoms with van der Waals surface area (Å²) in [6.45, 7) is 0.846. The SMILES string of the molecule is Cn1ncc(CC(N)C2CCCO2)n1. The predicted molar refractivity (Wildman–Crippen MR) is 51.7 cm³/mol. The van der Waals surface area contributed by atoms with Gasteiger partial charge in [0.25, 0.3) is 0 Å². The molecule has 2 rings (SSSR count). The van der Waals surface area contributed by atoms with Gasteiger partial charge in [-0.2, -0.15) is 15.0 Å². The standard InChI is InChI=1S/C9H16N4O/c1-13-11-6-7(12-13)5-8(10)9-3-2-4-14-9/h6,8-9H,2-5,10H2,1H3. The van der Waals surface area contributed by atoms with Gasteiger partial charge in [-0.05, 0) is 12.8 Å². The Labute approximate surface area is 83.2 Å². The molecule has 78 valence electrons. The molecular weight excluding hydrogens is 180 g/mol. The second kappa shape index (κ2) is 4.06. The van der Waals surface area contributed by atoms with E-state index in [1.807, 2.05) is 0 Å². The van der Waals surface area contributed by atoms with Crippen LogP contribution in [0.25, 0.3) is 0 Å². The van der Waals surface area contributed by atoms with E-state index < -0.39 is 0 Å².